The summed E-state index contributed by atoms with van der Waals surface area (Å²) in [5, 5.41) is 3.41. The topological polar surface area (TPSA) is 29.9 Å². The average molecular weight is 341 g/mol. The van der Waals surface area contributed by atoms with Crippen LogP contribution in [0.3, 0.4) is 0 Å². The van der Waals surface area contributed by atoms with Crippen molar-refractivity contribution in [2.75, 3.05) is 5.32 Å². The number of aromatic nitrogens is 2. The largest absolute Gasteiger partial charge is 0.379 e. The van der Waals surface area contributed by atoms with E-state index in [9.17, 15) is 0 Å². The third kappa shape index (κ3) is 3.46. The Morgan fingerprint density at radius 3 is 2.76 bits per heavy atom. The molecule has 1 N–H and O–H groups in total. The van der Waals surface area contributed by atoms with E-state index < -0.39 is 0 Å². The Morgan fingerprint density at radius 2 is 2.06 bits per heavy atom. The van der Waals surface area contributed by atoms with Crippen LogP contribution in [0.2, 0.25) is 0 Å². The van der Waals surface area contributed by atoms with Gasteiger partial charge < -0.3 is 9.88 Å². The van der Waals surface area contributed by atoms with Crippen LogP contribution in [0.5, 0.6) is 0 Å². The Hall–Kier alpha value is -1.04. The first kappa shape index (κ1) is 12.4. The number of imidazole rings is 1. The van der Waals surface area contributed by atoms with E-state index in [0.717, 1.165) is 25.2 Å². The van der Waals surface area contributed by atoms with E-state index in [0.29, 0.717) is 0 Å². The van der Waals surface area contributed by atoms with Crippen LogP contribution in [0.15, 0.2) is 36.8 Å². The number of benzene rings is 1. The van der Waals surface area contributed by atoms with Crippen molar-refractivity contribution >= 4 is 28.3 Å². The maximum Gasteiger partial charge on any atom is 0.0948 e. The smallest absolute Gasteiger partial charge is 0.0948 e. The molecule has 90 valence electrons. The predicted octanol–water partition coefficient (Wildman–Crippen LogP) is 3.51. The van der Waals surface area contributed by atoms with E-state index in [1.165, 1.54) is 9.26 Å². The molecule has 1 aromatic carbocycles. The highest BCUT2D eigenvalue weighted by Crippen LogP contribution is 2.12. The van der Waals surface area contributed by atoms with Crippen LogP contribution in [0.4, 0.5) is 5.69 Å². The second kappa shape index (κ2) is 6.05. The van der Waals surface area contributed by atoms with E-state index in [-0.39, 0.29) is 0 Å². The molecule has 2 rings (SSSR count). The summed E-state index contributed by atoms with van der Waals surface area (Å²) in [6.45, 7) is 4.03. The monoisotopic (exact) mass is 341 g/mol. The van der Waals surface area contributed by atoms with Gasteiger partial charge in [0.15, 0.2) is 0 Å². The van der Waals surface area contributed by atoms with Crippen LogP contribution >= 0.6 is 22.6 Å². The molecule has 0 bridgehead atoms. The van der Waals surface area contributed by atoms with Crippen molar-refractivity contribution in [1.29, 1.82) is 0 Å². The molecule has 17 heavy (non-hydrogen) atoms. The minimum absolute atomic E-state index is 0.820. The summed E-state index contributed by atoms with van der Waals surface area (Å²) in [6, 6.07) is 8.41. The summed E-state index contributed by atoms with van der Waals surface area (Å²) in [6.07, 6.45) is 4.96. The second-order valence-corrected chi connectivity index (χ2v) is 5.18. The molecule has 0 amide bonds. The predicted molar refractivity (Wildman–Crippen MR) is 79.0 cm³/mol. The van der Waals surface area contributed by atoms with Gasteiger partial charge in [-0.25, -0.2) is 4.98 Å². The van der Waals surface area contributed by atoms with E-state index in [4.69, 9.17) is 0 Å². The first-order chi connectivity index (χ1) is 8.29. The highest BCUT2D eigenvalue weighted by Gasteiger charge is 2.00. The Balaban J connectivity index is 1.97. The molecule has 2 aromatic rings. The van der Waals surface area contributed by atoms with Gasteiger partial charge in [-0.3, -0.25) is 0 Å². The van der Waals surface area contributed by atoms with Crippen LogP contribution in [-0.2, 0) is 13.1 Å². The van der Waals surface area contributed by atoms with E-state index >= 15 is 0 Å². The molecule has 1 aromatic heterocycles. The van der Waals surface area contributed by atoms with E-state index in [1.807, 2.05) is 12.5 Å². The van der Waals surface area contributed by atoms with Crippen LogP contribution in [0, 0.1) is 3.57 Å². The summed E-state index contributed by atoms with van der Waals surface area (Å²) in [5.41, 5.74) is 2.38. The lowest BCUT2D eigenvalue weighted by Gasteiger charge is -2.09. The van der Waals surface area contributed by atoms with Gasteiger partial charge in [-0.1, -0.05) is 6.92 Å². The van der Waals surface area contributed by atoms with E-state index in [2.05, 4.69) is 68.6 Å². The first-order valence-electron chi connectivity index (χ1n) is 5.78. The molecule has 0 aliphatic heterocycles. The van der Waals surface area contributed by atoms with Gasteiger partial charge in [-0.15, -0.1) is 0 Å². The summed E-state index contributed by atoms with van der Waals surface area (Å²) in [7, 11) is 0. The molecule has 0 atom stereocenters. The summed E-state index contributed by atoms with van der Waals surface area (Å²) in [4.78, 5) is 4.19. The van der Waals surface area contributed by atoms with Crippen molar-refractivity contribution in [2.45, 2.75) is 26.4 Å². The first-order valence-corrected chi connectivity index (χ1v) is 6.86. The van der Waals surface area contributed by atoms with Crippen molar-refractivity contribution in [3.05, 3.63) is 46.1 Å². The molecule has 0 aliphatic rings. The number of aryl methyl sites for hydroxylation is 1. The third-order valence-corrected chi connectivity index (χ3v) is 3.30. The summed E-state index contributed by atoms with van der Waals surface area (Å²) < 4.78 is 3.45. The van der Waals surface area contributed by atoms with Crippen LogP contribution < -0.4 is 5.32 Å². The molecule has 1 heterocycles. The van der Waals surface area contributed by atoms with E-state index in [1.54, 1.807) is 0 Å². The fourth-order valence-corrected chi connectivity index (χ4v) is 2.06. The van der Waals surface area contributed by atoms with Crippen molar-refractivity contribution in [2.24, 2.45) is 0 Å². The second-order valence-electron chi connectivity index (χ2n) is 3.94. The normalized spacial score (nSPS) is 10.5. The van der Waals surface area contributed by atoms with Crippen molar-refractivity contribution in [1.82, 2.24) is 9.55 Å². The fourth-order valence-electron chi connectivity index (χ4n) is 1.70. The van der Waals surface area contributed by atoms with Crippen LogP contribution in [0.1, 0.15) is 19.0 Å². The van der Waals surface area contributed by atoms with Gasteiger partial charge in [0.05, 0.1) is 18.6 Å². The quantitative estimate of drug-likeness (QED) is 0.844. The molecule has 0 radical (unpaired) electrons. The Labute approximate surface area is 115 Å². The molecular weight excluding hydrogens is 325 g/mol. The van der Waals surface area contributed by atoms with Gasteiger partial charge in [0, 0.05) is 22.0 Å². The lowest BCUT2D eigenvalue weighted by Crippen LogP contribution is -2.06. The molecular formula is C13H16IN3. The number of halogens is 1. The Kier molecular flexibility index (Phi) is 4.42. The Bertz CT molecular complexity index is 462. The zero-order chi connectivity index (χ0) is 12.1. The fraction of sp³-hybridized carbons (Fsp3) is 0.308. The van der Waals surface area contributed by atoms with Gasteiger partial charge in [0.25, 0.3) is 0 Å². The number of nitrogens with one attached hydrogen (secondary N) is 1. The maximum absolute atomic E-state index is 4.19. The molecule has 0 aliphatic carbocycles. The summed E-state index contributed by atoms with van der Waals surface area (Å²) >= 11 is 2.31. The number of anilines is 1. The molecule has 0 saturated carbocycles. The van der Waals surface area contributed by atoms with Gasteiger partial charge in [-0.05, 0) is 53.3 Å². The number of hydrogen-bond acceptors (Lipinski definition) is 2. The van der Waals surface area contributed by atoms with Gasteiger partial charge in [0.2, 0.25) is 0 Å². The van der Waals surface area contributed by atoms with Crippen molar-refractivity contribution < 1.29 is 0 Å². The van der Waals surface area contributed by atoms with Crippen LogP contribution in [0.25, 0.3) is 0 Å². The molecule has 0 saturated heterocycles. The van der Waals surface area contributed by atoms with Crippen LogP contribution in [-0.4, -0.2) is 9.55 Å². The lowest BCUT2D eigenvalue weighted by atomic mass is 10.3. The highest BCUT2D eigenvalue weighted by atomic mass is 127. The Morgan fingerprint density at radius 1 is 1.29 bits per heavy atom. The zero-order valence-corrected chi connectivity index (χ0v) is 12.0. The van der Waals surface area contributed by atoms with Gasteiger partial charge in [-0.2, -0.15) is 0 Å². The average Bonchev–Trinajstić information content (AvgIpc) is 2.77. The standard InChI is InChI=1S/C13H16IN3/c1-2-7-17-10-15-8-13(17)9-16-12-5-3-11(14)4-6-12/h3-6,8,10,16H,2,7,9H2,1H3. The van der Waals surface area contributed by atoms with Crippen molar-refractivity contribution in [3.63, 3.8) is 0 Å². The minimum Gasteiger partial charge on any atom is -0.379 e. The number of hydrogen-bond donors (Lipinski definition) is 1. The zero-order valence-electron chi connectivity index (χ0n) is 9.86. The van der Waals surface area contributed by atoms with Gasteiger partial charge in [0.1, 0.15) is 0 Å². The number of rotatable bonds is 5. The lowest BCUT2D eigenvalue weighted by molar-refractivity contribution is 0.651. The van der Waals surface area contributed by atoms with Gasteiger partial charge >= 0.3 is 0 Å². The molecule has 0 unspecified atom stereocenters. The summed E-state index contributed by atoms with van der Waals surface area (Å²) in [5.74, 6) is 0. The molecule has 0 spiro atoms. The highest BCUT2D eigenvalue weighted by molar-refractivity contribution is 14.1. The minimum atomic E-state index is 0.820. The van der Waals surface area contributed by atoms with Crippen molar-refractivity contribution in [3.8, 4) is 0 Å². The molecule has 0 fully saturated rings. The maximum atomic E-state index is 4.19. The SMILES string of the molecule is CCCn1cncc1CNc1ccc(I)cc1. The molecule has 4 heteroatoms. The molecule has 3 nitrogen and oxygen atoms in total. The number of nitrogens with zero attached hydrogens (tertiary/aromatic N) is 2. The third-order valence-electron chi connectivity index (χ3n) is 2.58.